The van der Waals surface area contributed by atoms with Crippen LogP contribution in [-0.4, -0.2) is 81.6 Å². The Morgan fingerprint density at radius 3 is 2.47 bits per heavy atom. The minimum absolute atomic E-state index is 0.0630. The van der Waals surface area contributed by atoms with Crippen molar-refractivity contribution in [2.24, 2.45) is 5.92 Å². The Bertz CT molecular complexity index is 955. The van der Waals surface area contributed by atoms with Gasteiger partial charge in [0.25, 0.3) is 0 Å². The summed E-state index contributed by atoms with van der Waals surface area (Å²) in [6.45, 7) is 3.62. The summed E-state index contributed by atoms with van der Waals surface area (Å²) in [6, 6.07) is 4.22. The first kappa shape index (κ1) is 22.5. The number of rotatable bonds is 7. The van der Waals surface area contributed by atoms with Crippen LogP contribution in [0.4, 0.5) is 5.82 Å². The van der Waals surface area contributed by atoms with Gasteiger partial charge in [-0.05, 0) is 32.4 Å². The highest BCUT2D eigenvalue weighted by Crippen LogP contribution is 2.36. The van der Waals surface area contributed by atoms with Crippen LogP contribution in [0.3, 0.4) is 0 Å². The average Bonchev–Trinajstić information content (AvgIpc) is 3.37. The Hall–Kier alpha value is -2.65. The molecular formula is C23H32N4O5. The molecule has 0 amide bonds. The number of likely N-dealkylation sites (N-methyl/N-ethyl adjacent to an activating group) is 1. The molecule has 1 atom stereocenters. The van der Waals surface area contributed by atoms with Crippen molar-refractivity contribution in [1.29, 1.82) is 0 Å². The molecular weight excluding hydrogens is 412 g/mol. The first-order valence-corrected chi connectivity index (χ1v) is 11.1. The second kappa shape index (κ2) is 9.87. The van der Waals surface area contributed by atoms with Crippen LogP contribution in [0.1, 0.15) is 25.1 Å². The Kier molecular flexibility index (Phi) is 6.95. The lowest BCUT2D eigenvalue weighted by Crippen LogP contribution is -2.37. The van der Waals surface area contributed by atoms with Gasteiger partial charge in [0.2, 0.25) is 0 Å². The zero-order valence-electron chi connectivity index (χ0n) is 19.3. The minimum Gasteiger partial charge on any atom is -0.493 e. The standard InChI is InChI=1S/C23H32N4O5/c1-26(16-7-10-32-14-16)13-21-24-18-12-20(30-3)19(29-2)11-17(18)22(25-21)27-8-5-15(6-9-27)23(28)31-4/h11-12,15-16H,5-10,13-14H2,1-4H3/t16-/m1/s1. The molecule has 2 aromatic rings. The second-order valence-electron chi connectivity index (χ2n) is 8.40. The molecule has 0 saturated carbocycles. The highest BCUT2D eigenvalue weighted by atomic mass is 16.5. The van der Waals surface area contributed by atoms with Gasteiger partial charge in [-0.2, -0.15) is 0 Å². The molecule has 0 bridgehead atoms. The Morgan fingerprint density at radius 2 is 1.84 bits per heavy atom. The van der Waals surface area contributed by atoms with Gasteiger partial charge in [0, 0.05) is 37.2 Å². The fraction of sp³-hybridized carbons (Fsp3) is 0.609. The monoisotopic (exact) mass is 444 g/mol. The van der Waals surface area contributed by atoms with E-state index in [1.54, 1.807) is 14.2 Å². The fourth-order valence-corrected chi connectivity index (χ4v) is 4.51. The van der Waals surface area contributed by atoms with E-state index < -0.39 is 0 Å². The molecule has 1 aromatic heterocycles. The quantitative estimate of drug-likeness (QED) is 0.597. The Balaban J connectivity index is 1.68. The second-order valence-corrected chi connectivity index (χ2v) is 8.40. The van der Waals surface area contributed by atoms with E-state index in [1.807, 2.05) is 12.1 Å². The largest absolute Gasteiger partial charge is 0.493 e. The molecule has 0 N–H and O–H groups in total. The van der Waals surface area contributed by atoms with Crippen molar-refractivity contribution < 1.29 is 23.7 Å². The van der Waals surface area contributed by atoms with Crippen LogP contribution in [0, 0.1) is 5.92 Å². The van der Waals surface area contributed by atoms with Crippen molar-refractivity contribution in [3.05, 3.63) is 18.0 Å². The normalized spacial score (nSPS) is 19.5. The summed E-state index contributed by atoms with van der Waals surface area (Å²) in [5, 5.41) is 0.912. The van der Waals surface area contributed by atoms with E-state index in [-0.39, 0.29) is 11.9 Å². The minimum atomic E-state index is -0.135. The van der Waals surface area contributed by atoms with Gasteiger partial charge < -0.3 is 23.8 Å². The Labute approximate surface area is 188 Å². The van der Waals surface area contributed by atoms with Crippen LogP contribution in [0.2, 0.25) is 0 Å². The molecule has 4 rings (SSSR count). The van der Waals surface area contributed by atoms with Crippen LogP contribution >= 0.6 is 0 Å². The molecule has 32 heavy (non-hydrogen) atoms. The van der Waals surface area contributed by atoms with Gasteiger partial charge in [0.1, 0.15) is 11.6 Å². The third kappa shape index (κ3) is 4.59. The van der Waals surface area contributed by atoms with Gasteiger partial charge >= 0.3 is 5.97 Å². The van der Waals surface area contributed by atoms with Crippen molar-refractivity contribution >= 4 is 22.7 Å². The van der Waals surface area contributed by atoms with Crippen LogP contribution in [0.5, 0.6) is 11.5 Å². The smallest absolute Gasteiger partial charge is 0.308 e. The topological polar surface area (TPSA) is 86.3 Å². The van der Waals surface area contributed by atoms with E-state index in [4.69, 9.17) is 28.9 Å². The Morgan fingerprint density at radius 1 is 1.12 bits per heavy atom. The summed E-state index contributed by atoms with van der Waals surface area (Å²) in [4.78, 5) is 26.3. The molecule has 2 aliphatic rings. The SMILES string of the molecule is COC(=O)C1CCN(c2nc(CN(C)[C@@H]3CCOC3)nc3cc(OC)c(OC)cc23)CC1. The molecule has 0 unspecified atom stereocenters. The van der Waals surface area contributed by atoms with Gasteiger partial charge in [0.05, 0.1) is 45.9 Å². The fourth-order valence-electron chi connectivity index (χ4n) is 4.51. The molecule has 174 valence electrons. The number of nitrogens with zero attached hydrogens (tertiary/aromatic N) is 4. The number of anilines is 1. The number of hydrogen-bond acceptors (Lipinski definition) is 9. The number of methoxy groups -OCH3 is 3. The molecule has 0 spiro atoms. The maximum atomic E-state index is 12.0. The summed E-state index contributed by atoms with van der Waals surface area (Å²) in [7, 11) is 6.78. The molecule has 9 heteroatoms. The number of esters is 1. The molecule has 1 aromatic carbocycles. The van der Waals surface area contributed by atoms with E-state index in [0.717, 1.165) is 68.1 Å². The molecule has 3 heterocycles. The molecule has 0 radical (unpaired) electrons. The summed E-state index contributed by atoms with van der Waals surface area (Å²) in [5.74, 6) is 2.70. The predicted molar refractivity (Wildman–Crippen MR) is 120 cm³/mol. The lowest BCUT2D eigenvalue weighted by atomic mass is 9.97. The van der Waals surface area contributed by atoms with Gasteiger partial charge in [-0.1, -0.05) is 0 Å². The van der Waals surface area contributed by atoms with Gasteiger partial charge in [-0.25, -0.2) is 9.97 Å². The zero-order valence-corrected chi connectivity index (χ0v) is 19.3. The number of hydrogen-bond donors (Lipinski definition) is 0. The first-order valence-electron chi connectivity index (χ1n) is 11.1. The zero-order chi connectivity index (χ0) is 22.7. The van der Waals surface area contributed by atoms with Crippen molar-refractivity contribution in [1.82, 2.24) is 14.9 Å². The highest BCUT2D eigenvalue weighted by Gasteiger charge is 2.28. The van der Waals surface area contributed by atoms with Crippen LogP contribution in [-0.2, 0) is 20.8 Å². The van der Waals surface area contributed by atoms with Crippen LogP contribution in [0.15, 0.2) is 12.1 Å². The van der Waals surface area contributed by atoms with E-state index in [9.17, 15) is 4.79 Å². The number of aromatic nitrogens is 2. The number of carbonyl (C=O) groups excluding carboxylic acids is 1. The van der Waals surface area contributed by atoms with Crippen LogP contribution < -0.4 is 14.4 Å². The molecule has 0 aliphatic carbocycles. The molecule has 2 fully saturated rings. The van der Waals surface area contributed by atoms with Crippen molar-refractivity contribution in [3.63, 3.8) is 0 Å². The van der Waals surface area contributed by atoms with E-state index in [0.29, 0.717) is 24.1 Å². The lowest BCUT2D eigenvalue weighted by Gasteiger charge is -2.32. The van der Waals surface area contributed by atoms with Crippen molar-refractivity contribution in [2.45, 2.75) is 31.8 Å². The van der Waals surface area contributed by atoms with E-state index in [2.05, 4.69) is 16.8 Å². The van der Waals surface area contributed by atoms with Gasteiger partial charge in [-0.3, -0.25) is 9.69 Å². The summed E-state index contributed by atoms with van der Waals surface area (Å²) >= 11 is 0. The third-order valence-corrected chi connectivity index (χ3v) is 6.48. The number of piperidine rings is 1. The van der Waals surface area contributed by atoms with E-state index >= 15 is 0 Å². The van der Waals surface area contributed by atoms with Gasteiger partial charge in [0.15, 0.2) is 11.5 Å². The van der Waals surface area contributed by atoms with E-state index in [1.165, 1.54) is 7.11 Å². The highest BCUT2D eigenvalue weighted by molar-refractivity contribution is 5.92. The van der Waals surface area contributed by atoms with Gasteiger partial charge in [-0.15, -0.1) is 0 Å². The lowest BCUT2D eigenvalue weighted by molar-refractivity contribution is -0.146. The first-order chi connectivity index (χ1) is 15.5. The summed E-state index contributed by atoms with van der Waals surface area (Å²) in [6.07, 6.45) is 2.49. The maximum absolute atomic E-state index is 12.0. The summed E-state index contributed by atoms with van der Waals surface area (Å²) in [5.41, 5.74) is 0.814. The molecule has 2 aliphatic heterocycles. The number of benzene rings is 1. The summed E-state index contributed by atoms with van der Waals surface area (Å²) < 4.78 is 21.5. The van der Waals surface area contributed by atoms with Crippen LogP contribution in [0.25, 0.3) is 10.9 Å². The predicted octanol–water partition coefficient (Wildman–Crippen LogP) is 2.26. The third-order valence-electron chi connectivity index (χ3n) is 6.48. The molecule has 2 saturated heterocycles. The average molecular weight is 445 g/mol. The number of fused-ring (bicyclic) bond motifs is 1. The number of ether oxygens (including phenoxy) is 4. The molecule has 9 nitrogen and oxygen atoms in total. The number of carbonyl (C=O) groups is 1. The van der Waals surface area contributed by atoms with Crippen molar-refractivity contribution in [3.8, 4) is 11.5 Å². The van der Waals surface area contributed by atoms with Crippen molar-refractivity contribution in [2.75, 3.05) is 59.6 Å². The maximum Gasteiger partial charge on any atom is 0.308 e.